The fourth-order valence-corrected chi connectivity index (χ4v) is 3.95. The summed E-state index contributed by atoms with van der Waals surface area (Å²) in [7, 11) is 0. The van der Waals surface area contributed by atoms with Crippen molar-refractivity contribution in [2.75, 3.05) is 5.32 Å². The molecule has 0 aliphatic carbocycles. The van der Waals surface area contributed by atoms with Crippen molar-refractivity contribution in [2.45, 2.75) is 6.54 Å². The third kappa shape index (κ3) is 3.13. The molecule has 7 heteroatoms. The zero-order valence-corrected chi connectivity index (χ0v) is 14.9. The average molecular weight is 375 g/mol. The first kappa shape index (κ1) is 15.9. The van der Waals surface area contributed by atoms with Gasteiger partial charge < -0.3 is 9.88 Å². The summed E-state index contributed by atoms with van der Waals surface area (Å²) >= 11 is 1.61. The van der Waals surface area contributed by atoms with Crippen LogP contribution in [0.4, 0.5) is 15.2 Å². The van der Waals surface area contributed by atoms with Gasteiger partial charge in [0.2, 0.25) is 0 Å². The molecule has 0 fully saturated rings. The van der Waals surface area contributed by atoms with E-state index in [9.17, 15) is 4.39 Å². The summed E-state index contributed by atoms with van der Waals surface area (Å²) in [4.78, 5) is 13.0. The quantitative estimate of drug-likeness (QED) is 0.482. The van der Waals surface area contributed by atoms with Crippen LogP contribution in [0.2, 0.25) is 0 Å². The van der Waals surface area contributed by atoms with E-state index in [2.05, 4.69) is 26.3 Å². The third-order valence-electron chi connectivity index (χ3n) is 4.25. The lowest BCUT2D eigenvalue weighted by atomic mass is 10.2. The van der Waals surface area contributed by atoms with Gasteiger partial charge in [-0.2, -0.15) is 0 Å². The van der Waals surface area contributed by atoms with Gasteiger partial charge in [0, 0.05) is 11.8 Å². The van der Waals surface area contributed by atoms with Gasteiger partial charge in [-0.05, 0) is 29.8 Å². The maximum atomic E-state index is 13.3. The van der Waals surface area contributed by atoms with Gasteiger partial charge in [-0.1, -0.05) is 35.6 Å². The number of anilines is 2. The van der Waals surface area contributed by atoms with Gasteiger partial charge in [0.25, 0.3) is 0 Å². The summed E-state index contributed by atoms with van der Waals surface area (Å²) in [6, 6.07) is 17.6. The molecule has 0 saturated carbocycles. The summed E-state index contributed by atoms with van der Waals surface area (Å²) in [5, 5.41) is 4.19. The second-order valence-electron chi connectivity index (χ2n) is 6.18. The number of fused-ring (bicyclic) bond motifs is 2. The molecule has 3 aromatic heterocycles. The highest BCUT2D eigenvalue weighted by Gasteiger charge is 2.08. The number of nitrogens with zero attached hydrogens (tertiary/aromatic N) is 4. The first-order valence-electron chi connectivity index (χ1n) is 8.42. The van der Waals surface area contributed by atoms with Crippen molar-refractivity contribution in [2.24, 2.45) is 0 Å². The first-order valence-corrected chi connectivity index (χ1v) is 9.24. The maximum Gasteiger partial charge on any atom is 0.188 e. The normalized spacial score (nSPS) is 11.3. The van der Waals surface area contributed by atoms with Crippen LogP contribution in [0.25, 0.3) is 21.4 Å². The molecular weight excluding hydrogens is 361 g/mol. The van der Waals surface area contributed by atoms with Crippen molar-refractivity contribution in [1.29, 1.82) is 0 Å². The Bertz CT molecular complexity index is 1250. The molecule has 0 aliphatic rings. The highest BCUT2D eigenvalue weighted by atomic mass is 32.1. The van der Waals surface area contributed by atoms with Crippen LogP contribution < -0.4 is 5.32 Å². The summed E-state index contributed by atoms with van der Waals surface area (Å²) in [5.74, 6) is -0.378. The van der Waals surface area contributed by atoms with E-state index in [1.165, 1.54) is 12.3 Å². The number of imidazole rings is 1. The van der Waals surface area contributed by atoms with Gasteiger partial charge in [-0.15, -0.1) is 0 Å². The van der Waals surface area contributed by atoms with Gasteiger partial charge in [0.05, 0.1) is 29.3 Å². The summed E-state index contributed by atoms with van der Waals surface area (Å²) in [6.45, 7) is 0.615. The minimum atomic E-state index is -0.378. The van der Waals surface area contributed by atoms with Crippen molar-refractivity contribution in [3.05, 3.63) is 78.5 Å². The van der Waals surface area contributed by atoms with Gasteiger partial charge >= 0.3 is 0 Å². The van der Waals surface area contributed by atoms with Crippen LogP contribution in [-0.2, 0) is 6.54 Å². The molecule has 2 aromatic carbocycles. The Balaban J connectivity index is 1.43. The molecule has 1 N–H and O–H groups in total. The van der Waals surface area contributed by atoms with Crippen LogP contribution in [0.15, 0.2) is 67.1 Å². The number of hydrogen-bond donors (Lipinski definition) is 1. The molecule has 132 valence electrons. The number of nitrogens with one attached hydrogen (secondary N) is 1. The van der Waals surface area contributed by atoms with E-state index >= 15 is 0 Å². The Morgan fingerprint density at radius 3 is 2.78 bits per heavy atom. The minimum Gasteiger partial charge on any atom is -0.332 e. The molecule has 0 saturated heterocycles. The smallest absolute Gasteiger partial charge is 0.188 e. The minimum absolute atomic E-state index is 0.378. The Morgan fingerprint density at radius 1 is 1.00 bits per heavy atom. The molecule has 3 heterocycles. The fourth-order valence-electron chi connectivity index (χ4n) is 3.00. The predicted octanol–water partition coefficient (Wildman–Crippen LogP) is 4.97. The number of thiazole rings is 1. The van der Waals surface area contributed by atoms with E-state index in [0.717, 1.165) is 26.6 Å². The Kier molecular flexibility index (Phi) is 3.79. The monoisotopic (exact) mass is 375 g/mol. The molecule has 0 amide bonds. The van der Waals surface area contributed by atoms with Crippen molar-refractivity contribution in [3.63, 3.8) is 0 Å². The van der Waals surface area contributed by atoms with Gasteiger partial charge in [-0.25, -0.2) is 19.3 Å². The van der Waals surface area contributed by atoms with E-state index < -0.39 is 0 Å². The Morgan fingerprint density at radius 2 is 1.89 bits per heavy atom. The molecule has 5 nitrogen and oxygen atoms in total. The molecule has 0 unspecified atom stereocenters. The van der Waals surface area contributed by atoms with Crippen molar-refractivity contribution >= 4 is 43.5 Å². The summed E-state index contributed by atoms with van der Waals surface area (Å²) < 4.78 is 16.3. The van der Waals surface area contributed by atoms with Crippen molar-refractivity contribution in [1.82, 2.24) is 19.5 Å². The van der Waals surface area contributed by atoms with Gasteiger partial charge in [0.15, 0.2) is 10.8 Å². The molecule has 27 heavy (non-hydrogen) atoms. The van der Waals surface area contributed by atoms with E-state index in [-0.39, 0.29) is 5.82 Å². The van der Waals surface area contributed by atoms with E-state index in [4.69, 9.17) is 0 Å². The van der Waals surface area contributed by atoms with Crippen LogP contribution >= 0.6 is 11.3 Å². The molecule has 0 bridgehead atoms. The van der Waals surface area contributed by atoms with Crippen molar-refractivity contribution < 1.29 is 4.39 Å². The van der Waals surface area contributed by atoms with Crippen LogP contribution in [0.1, 0.15) is 5.56 Å². The second kappa shape index (κ2) is 6.44. The van der Waals surface area contributed by atoms with Gasteiger partial charge in [-0.3, -0.25) is 0 Å². The summed E-state index contributed by atoms with van der Waals surface area (Å²) in [6.07, 6.45) is 2.91. The van der Waals surface area contributed by atoms with E-state index in [1.54, 1.807) is 17.7 Å². The number of hydrogen-bond acceptors (Lipinski definition) is 5. The third-order valence-corrected chi connectivity index (χ3v) is 5.19. The zero-order chi connectivity index (χ0) is 18.2. The topological polar surface area (TPSA) is 55.6 Å². The number of pyridine rings is 1. The number of benzene rings is 2. The summed E-state index contributed by atoms with van der Waals surface area (Å²) in [5.41, 5.74) is 4.32. The van der Waals surface area contributed by atoms with Crippen LogP contribution in [0.3, 0.4) is 0 Å². The maximum absolute atomic E-state index is 13.3. The Hall–Kier alpha value is -3.32. The number of aromatic nitrogens is 4. The number of rotatable bonds is 4. The molecule has 0 radical (unpaired) electrons. The van der Waals surface area contributed by atoms with Gasteiger partial charge in [0.1, 0.15) is 11.3 Å². The lowest BCUT2D eigenvalue weighted by molar-refractivity contribution is 0.623. The number of para-hydroxylation sites is 1. The van der Waals surface area contributed by atoms with E-state index in [0.29, 0.717) is 17.7 Å². The lowest BCUT2D eigenvalue weighted by Crippen LogP contribution is -1.99. The SMILES string of the molecule is Fc1cnc2c(c1)ncn2Cc1ccc2nc(Nc3ccccc3)sc2c1. The van der Waals surface area contributed by atoms with Crippen molar-refractivity contribution in [3.8, 4) is 0 Å². The van der Waals surface area contributed by atoms with Crippen LogP contribution in [0.5, 0.6) is 0 Å². The van der Waals surface area contributed by atoms with Crippen LogP contribution in [-0.4, -0.2) is 19.5 Å². The predicted molar refractivity (Wildman–Crippen MR) is 106 cm³/mol. The lowest BCUT2D eigenvalue weighted by Gasteiger charge is -2.04. The highest BCUT2D eigenvalue weighted by molar-refractivity contribution is 7.22. The van der Waals surface area contributed by atoms with E-state index in [1.807, 2.05) is 47.0 Å². The second-order valence-corrected chi connectivity index (χ2v) is 7.21. The standard InChI is InChI=1S/C20H14FN5S/c21-14-9-17-19(22-10-14)26(12-23-17)11-13-6-7-16-18(8-13)27-20(25-16)24-15-4-2-1-3-5-15/h1-10,12H,11H2,(H,24,25). The molecule has 0 spiro atoms. The molecular formula is C20H14FN5S. The average Bonchev–Trinajstić information content (AvgIpc) is 3.25. The molecule has 5 rings (SSSR count). The fraction of sp³-hybridized carbons (Fsp3) is 0.0500. The Labute approximate surface area is 158 Å². The molecule has 0 atom stereocenters. The molecule has 0 aliphatic heterocycles. The highest BCUT2D eigenvalue weighted by Crippen LogP contribution is 2.29. The molecule has 5 aromatic rings. The zero-order valence-electron chi connectivity index (χ0n) is 14.1. The number of halogens is 1. The first-order chi connectivity index (χ1) is 13.2. The largest absolute Gasteiger partial charge is 0.332 e. The van der Waals surface area contributed by atoms with Crippen LogP contribution in [0, 0.1) is 5.82 Å².